The number of hydrogen-bond acceptors (Lipinski definition) is 6. The van der Waals surface area contributed by atoms with E-state index in [1.54, 1.807) is 66.9 Å². The Bertz CT molecular complexity index is 1570. The first-order chi connectivity index (χ1) is 21.4. The summed E-state index contributed by atoms with van der Waals surface area (Å²) in [6, 6.07) is 24.9. The molecule has 0 aliphatic rings. The standard InChI is InChI=1S/C30H28FN3O4.C2HF3O2/c31-25-8-3-6-23(18-25)21-11-13-22(14-12-21)27(20-29(35)36)34-30(37)24-7-4-9-26(19-24)38-17-5-16-33-28-10-1-2-15-32-28;3-2(4,5)1(6)7/h1-4,6-15,18-19,27H,5,16-17,20H2,(H,32,33)(H,34,37)(H,35,36);(H,6,7). The van der Waals surface area contributed by atoms with Gasteiger partial charge in [0, 0.05) is 18.3 Å². The zero-order chi connectivity index (χ0) is 32.8. The number of hydrogen-bond donors (Lipinski definition) is 4. The number of carbonyl (C=O) groups excluding carboxylic acids is 1. The van der Waals surface area contributed by atoms with Crippen LogP contribution in [-0.4, -0.2) is 52.4 Å². The van der Waals surface area contributed by atoms with Crippen molar-refractivity contribution in [1.29, 1.82) is 0 Å². The zero-order valence-electron chi connectivity index (χ0n) is 23.6. The minimum atomic E-state index is -5.08. The molecule has 236 valence electrons. The summed E-state index contributed by atoms with van der Waals surface area (Å²) in [4.78, 5) is 37.6. The number of ether oxygens (including phenoxy) is 1. The maximum absolute atomic E-state index is 13.6. The molecule has 13 heteroatoms. The molecule has 0 saturated heterocycles. The van der Waals surface area contributed by atoms with Crippen molar-refractivity contribution in [3.8, 4) is 16.9 Å². The van der Waals surface area contributed by atoms with Crippen LogP contribution in [0.4, 0.5) is 23.4 Å². The molecule has 0 aliphatic heterocycles. The van der Waals surface area contributed by atoms with Crippen LogP contribution in [0.3, 0.4) is 0 Å². The van der Waals surface area contributed by atoms with Gasteiger partial charge in [-0.05, 0) is 65.6 Å². The van der Waals surface area contributed by atoms with Gasteiger partial charge in [0.05, 0.1) is 19.1 Å². The first-order valence-electron chi connectivity index (χ1n) is 13.5. The van der Waals surface area contributed by atoms with E-state index in [0.29, 0.717) is 35.6 Å². The summed E-state index contributed by atoms with van der Waals surface area (Å²) in [5, 5.41) is 22.6. The van der Waals surface area contributed by atoms with Crippen LogP contribution in [0.25, 0.3) is 11.1 Å². The summed E-state index contributed by atoms with van der Waals surface area (Å²) < 4.78 is 51.1. The van der Waals surface area contributed by atoms with Crippen molar-refractivity contribution >= 4 is 23.7 Å². The molecule has 0 aliphatic carbocycles. The van der Waals surface area contributed by atoms with Crippen LogP contribution in [0, 0.1) is 5.82 Å². The van der Waals surface area contributed by atoms with Gasteiger partial charge in [-0.15, -0.1) is 0 Å². The van der Waals surface area contributed by atoms with E-state index >= 15 is 0 Å². The molecule has 1 unspecified atom stereocenters. The molecule has 9 nitrogen and oxygen atoms in total. The molecule has 0 radical (unpaired) electrons. The van der Waals surface area contributed by atoms with Crippen LogP contribution in [0.1, 0.15) is 34.8 Å². The second-order valence-electron chi connectivity index (χ2n) is 9.43. The predicted molar refractivity (Wildman–Crippen MR) is 157 cm³/mol. The van der Waals surface area contributed by atoms with E-state index < -0.39 is 30.1 Å². The first kappa shape index (κ1) is 34.0. The predicted octanol–water partition coefficient (Wildman–Crippen LogP) is 6.35. The Balaban J connectivity index is 0.000000707. The number of benzene rings is 3. The third-order valence-corrected chi connectivity index (χ3v) is 6.05. The summed E-state index contributed by atoms with van der Waals surface area (Å²) >= 11 is 0. The number of carbonyl (C=O) groups is 3. The number of aromatic nitrogens is 1. The highest BCUT2D eigenvalue weighted by molar-refractivity contribution is 5.95. The highest BCUT2D eigenvalue weighted by Crippen LogP contribution is 2.25. The largest absolute Gasteiger partial charge is 0.494 e. The van der Waals surface area contributed by atoms with Gasteiger partial charge in [-0.25, -0.2) is 14.2 Å². The summed E-state index contributed by atoms with van der Waals surface area (Å²) in [6.07, 6.45) is -2.91. The first-order valence-corrected chi connectivity index (χ1v) is 13.5. The van der Waals surface area contributed by atoms with Crippen LogP contribution in [0.5, 0.6) is 5.75 Å². The van der Waals surface area contributed by atoms with Crippen molar-refractivity contribution in [1.82, 2.24) is 10.3 Å². The van der Waals surface area contributed by atoms with E-state index in [2.05, 4.69) is 15.6 Å². The molecule has 1 amide bonds. The van der Waals surface area contributed by atoms with E-state index in [9.17, 15) is 32.3 Å². The summed E-state index contributed by atoms with van der Waals surface area (Å²) in [5.74, 6) is -3.20. The van der Waals surface area contributed by atoms with Gasteiger partial charge in [-0.3, -0.25) is 9.59 Å². The summed E-state index contributed by atoms with van der Waals surface area (Å²) in [6.45, 7) is 1.14. The van der Waals surface area contributed by atoms with E-state index in [-0.39, 0.29) is 12.2 Å². The molecule has 0 fully saturated rings. The van der Waals surface area contributed by atoms with Gasteiger partial charge in [-0.1, -0.05) is 48.5 Å². The molecule has 3 aromatic carbocycles. The number of carboxylic acids is 2. The molecule has 4 rings (SSSR count). The van der Waals surface area contributed by atoms with Gasteiger partial charge in [0.1, 0.15) is 17.4 Å². The van der Waals surface area contributed by atoms with Crippen molar-refractivity contribution in [2.75, 3.05) is 18.5 Å². The molecular formula is C32H29F4N3O6. The normalized spacial score (nSPS) is 11.4. The summed E-state index contributed by atoms with van der Waals surface area (Å²) in [7, 11) is 0. The lowest BCUT2D eigenvalue weighted by molar-refractivity contribution is -0.192. The lowest BCUT2D eigenvalue weighted by Gasteiger charge is -2.18. The molecule has 1 heterocycles. The minimum Gasteiger partial charge on any atom is -0.494 e. The maximum Gasteiger partial charge on any atom is 0.490 e. The number of carboxylic acid groups (broad SMARTS) is 2. The smallest absolute Gasteiger partial charge is 0.490 e. The number of nitrogens with zero attached hydrogens (tertiary/aromatic N) is 1. The molecule has 4 N–H and O–H groups in total. The molecule has 0 bridgehead atoms. The Morgan fingerprint density at radius 3 is 2.20 bits per heavy atom. The van der Waals surface area contributed by atoms with Crippen LogP contribution in [0.15, 0.2) is 97.2 Å². The average Bonchev–Trinajstić information content (AvgIpc) is 3.01. The van der Waals surface area contributed by atoms with E-state index in [1.165, 1.54) is 12.1 Å². The van der Waals surface area contributed by atoms with Gasteiger partial charge in [0.25, 0.3) is 5.91 Å². The van der Waals surface area contributed by atoms with Crippen molar-refractivity contribution in [3.05, 3.63) is 114 Å². The van der Waals surface area contributed by atoms with Gasteiger partial charge >= 0.3 is 18.1 Å². The Morgan fingerprint density at radius 1 is 0.867 bits per heavy atom. The number of alkyl halides is 3. The second kappa shape index (κ2) is 16.4. The summed E-state index contributed by atoms with van der Waals surface area (Å²) in [5.41, 5.74) is 2.49. The second-order valence-corrected chi connectivity index (χ2v) is 9.43. The quantitative estimate of drug-likeness (QED) is 0.105. The molecule has 1 atom stereocenters. The molecule has 45 heavy (non-hydrogen) atoms. The Labute approximate surface area is 255 Å². The Kier molecular flexibility index (Phi) is 12.4. The maximum atomic E-state index is 13.6. The highest BCUT2D eigenvalue weighted by Gasteiger charge is 2.38. The highest BCUT2D eigenvalue weighted by atomic mass is 19.4. The fourth-order valence-corrected chi connectivity index (χ4v) is 3.92. The van der Waals surface area contributed by atoms with E-state index in [4.69, 9.17) is 14.6 Å². The number of anilines is 1. The third-order valence-electron chi connectivity index (χ3n) is 6.05. The van der Waals surface area contributed by atoms with E-state index in [1.807, 2.05) is 18.2 Å². The fraction of sp³-hybridized carbons (Fsp3) is 0.188. The number of pyridine rings is 1. The van der Waals surface area contributed by atoms with Crippen LogP contribution in [0.2, 0.25) is 0 Å². The SMILES string of the molecule is O=C(O)C(F)(F)F.O=C(O)CC(NC(=O)c1cccc(OCCCNc2ccccn2)c1)c1ccc(-c2cccc(F)c2)cc1. The minimum absolute atomic E-state index is 0.287. The van der Waals surface area contributed by atoms with Gasteiger partial charge in [-0.2, -0.15) is 13.2 Å². The number of rotatable bonds is 12. The molecule has 1 aromatic heterocycles. The number of aliphatic carboxylic acids is 2. The number of halogens is 4. The topological polar surface area (TPSA) is 138 Å². The molecule has 4 aromatic rings. The number of nitrogens with one attached hydrogen (secondary N) is 2. The van der Waals surface area contributed by atoms with Crippen LogP contribution in [-0.2, 0) is 9.59 Å². The van der Waals surface area contributed by atoms with Gasteiger partial charge in [0.2, 0.25) is 0 Å². The van der Waals surface area contributed by atoms with Crippen molar-refractivity contribution in [3.63, 3.8) is 0 Å². The third kappa shape index (κ3) is 11.6. The van der Waals surface area contributed by atoms with Crippen LogP contribution >= 0.6 is 0 Å². The molecule has 0 spiro atoms. The zero-order valence-corrected chi connectivity index (χ0v) is 23.6. The molecular weight excluding hydrogens is 598 g/mol. The average molecular weight is 628 g/mol. The Hall–Kier alpha value is -5.46. The number of amides is 1. The van der Waals surface area contributed by atoms with Gasteiger partial charge < -0.3 is 25.6 Å². The van der Waals surface area contributed by atoms with E-state index in [0.717, 1.165) is 17.8 Å². The van der Waals surface area contributed by atoms with Crippen molar-refractivity contribution < 1.29 is 46.9 Å². The Morgan fingerprint density at radius 2 is 1.58 bits per heavy atom. The van der Waals surface area contributed by atoms with Crippen LogP contribution < -0.4 is 15.4 Å². The van der Waals surface area contributed by atoms with Crippen molar-refractivity contribution in [2.24, 2.45) is 0 Å². The lowest BCUT2D eigenvalue weighted by atomic mass is 9.98. The lowest BCUT2D eigenvalue weighted by Crippen LogP contribution is -2.30. The van der Waals surface area contributed by atoms with Gasteiger partial charge in [0.15, 0.2) is 0 Å². The fourth-order valence-electron chi connectivity index (χ4n) is 3.92. The monoisotopic (exact) mass is 627 g/mol. The molecule has 0 saturated carbocycles. The van der Waals surface area contributed by atoms with Crippen molar-refractivity contribution in [2.45, 2.75) is 25.1 Å².